The number of aromatic nitrogens is 2. The molecule has 110 valence electrons. The first-order chi connectivity index (χ1) is 9.91. The number of nitrogens with one attached hydrogen (secondary N) is 1. The minimum Gasteiger partial charge on any atom is -0.323 e. The van der Waals surface area contributed by atoms with E-state index in [1.54, 1.807) is 24.3 Å². The van der Waals surface area contributed by atoms with Crippen molar-refractivity contribution in [2.75, 3.05) is 16.2 Å². The lowest BCUT2D eigenvalue weighted by Crippen LogP contribution is -2.42. The molecule has 0 saturated carbocycles. The van der Waals surface area contributed by atoms with Gasteiger partial charge in [0.25, 0.3) is 10.0 Å². The maximum atomic E-state index is 12.8. The lowest BCUT2D eigenvalue weighted by atomic mass is 10.2. The summed E-state index contributed by atoms with van der Waals surface area (Å²) in [7, 11) is -2.50. The summed E-state index contributed by atoms with van der Waals surface area (Å²) >= 11 is 5.92. The molecule has 1 N–H and O–H groups in total. The number of nitrogens with zero attached hydrogens (tertiary/aromatic N) is 3. The molecule has 0 saturated heterocycles. The van der Waals surface area contributed by atoms with Gasteiger partial charge in [0, 0.05) is 7.05 Å². The molecule has 7 nitrogen and oxygen atoms in total. The summed E-state index contributed by atoms with van der Waals surface area (Å²) in [5.74, 6) is -0.407. The number of carbonyl (C=O) groups excluding carboxylic acids is 1. The van der Waals surface area contributed by atoms with Crippen LogP contribution in [0.3, 0.4) is 0 Å². The van der Waals surface area contributed by atoms with E-state index in [1.807, 2.05) is 0 Å². The number of anilines is 2. The summed E-state index contributed by atoms with van der Waals surface area (Å²) in [6.07, 6.45) is 1.25. The van der Waals surface area contributed by atoms with Crippen molar-refractivity contribution in [1.29, 1.82) is 0 Å². The Bertz CT molecular complexity index is 811. The molecule has 21 heavy (non-hydrogen) atoms. The lowest BCUT2D eigenvalue weighted by Gasteiger charge is -2.29. The van der Waals surface area contributed by atoms with E-state index in [2.05, 4.69) is 10.4 Å². The Hall–Kier alpha value is -2.06. The number of hydrogen-bond donors (Lipinski definition) is 1. The van der Waals surface area contributed by atoms with Gasteiger partial charge in [-0.2, -0.15) is 13.5 Å². The highest BCUT2D eigenvalue weighted by atomic mass is 35.5. The first-order valence-electron chi connectivity index (χ1n) is 6.00. The number of sulfonamides is 1. The van der Waals surface area contributed by atoms with E-state index in [1.165, 1.54) is 17.9 Å². The minimum absolute atomic E-state index is 0.0148. The number of carbonyl (C=O) groups is 1. The third kappa shape index (κ3) is 2.16. The van der Waals surface area contributed by atoms with Crippen LogP contribution < -0.4 is 9.62 Å². The summed E-state index contributed by atoms with van der Waals surface area (Å²) < 4.78 is 27.8. The fourth-order valence-corrected chi connectivity index (χ4v) is 4.26. The second kappa shape index (κ2) is 4.74. The predicted molar refractivity (Wildman–Crippen MR) is 77.8 cm³/mol. The van der Waals surface area contributed by atoms with Crippen molar-refractivity contribution in [3.63, 3.8) is 0 Å². The highest BCUT2D eigenvalue weighted by Gasteiger charge is 2.35. The summed E-state index contributed by atoms with van der Waals surface area (Å²) in [5.41, 5.74) is 0.838. The average molecular weight is 327 g/mol. The number of para-hydroxylation sites is 2. The van der Waals surface area contributed by atoms with Crippen molar-refractivity contribution in [2.24, 2.45) is 7.05 Å². The molecular weight excluding hydrogens is 316 g/mol. The molecule has 0 atom stereocenters. The third-order valence-electron chi connectivity index (χ3n) is 3.11. The van der Waals surface area contributed by atoms with Gasteiger partial charge in [0.15, 0.2) is 5.03 Å². The number of fused-ring (bicyclic) bond motifs is 1. The molecule has 1 aromatic heterocycles. The molecule has 1 aliphatic rings. The summed E-state index contributed by atoms with van der Waals surface area (Å²) in [4.78, 5) is 11.7. The van der Waals surface area contributed by atoms with Crippen molar-refractivity contribution in [1.82, 2.24) is 9.78 Å². The van der Waals surface area contributed by atoms with Crippen LogP contribution in [0, 0.1) is 0 Å². The number of benzene rings is 1. The normalized spacial score (nSPS) is 14.8. The first-order valence-corrected chi connectivity index (χ1v) is 7.82. The summed E-state index contributed by atoms with van der Waals surface area (Å²) in [6, 6.07) is 6.67. The van der Waals surface area contributed by atoms with Crippen LogP contribution in [0.15, 0.2) is 35.5 Å². The lowest BCUT2D eigenvalue weighted by molar-refractivity contribution is -0.115. The predicted octanol–water partition coefficient (Wildman–Crippen LogP) is 1.22. The van der Waals surface area contributed by atoms with Crippen LogP contribution in [0.5, 0.6) is 0 Å². The molecule has 0 radical (unpaired) electrons. The second-order valence-corrected chi connectivity index (χ2v) is 6.68. The molecular formula is C12H11ClN4O3S. The number of amides is 1. The minimum atomic E-state index is -3.99. The van der Waals surface area contributed by atoms with Gasteiger partial charge in [0.1, 0.15) is 6.54 Å². The highest BCUT2D eigenvalue weighted by Crippen LogP contribution is 2.34. The Balaban J connectivity index is 2.19. The quantitative estimate of drug-likeness (QED) is 0.899. The maximum Gasteiger partial charge on any atom is 0.283 e. The third-order valence-corrected chi connectivity index (χ3v) is 5.38. The number of hydrogen-bond acceptors (Lipinski definition) is 4. The van der Waals surface area contributed by atoms with Crippen molar-refractivity contribution in [2.45, 2.75) is 5.03 Å². The number of aryl methyl sites for hydroxylation is 1. The van der Waals surface area contributed by atoms with Crippen molar-refractivity contribution >= 4 is 38.9 Å². The second-order valence-electron chi connectivity index (χ2n) is 4.50. The molecule has 0 aliphatic carbocycles. The zero-order valence-corrected chi connectivity index (χ0v) is 12.5. The van der Waals surface area contributed by atoms with E-state index in [4.69, 9.17) is 11.6 Å². The van der Waals surface area contributed by atoms with Crippen LogP contribution in [0.25, 0.3) is 0 Å². The Morgan fingerprint density at radius 2 is 2.05 bits per heavy atom. The van der Waals surface area contributed by atoms with E-state index in [0.29, 0.717) is 11.4 Å². The van der Waals surface area contributed by atoms with Crippen molar-refractivity contribution < 1.29 is 13.2 Å². The van der Waals surface area contributed by atoms with Gasteiger partial charge in [-0.1, -0.05) is 23.7 Å². The standard InChI is InChI=1S/C12H11ClN4O3S/c1-16-12(8(13)6-14-16)21(19,20)17-7-11(18)15-9-4-2-3-5-10(9)17/h2-6H,7H2,1H3,(H,15,18). The molecule has 1 aliphatic heterocycles. The largest absolute Gasteiger partial charge is 0.323 e. The Morgan fingerprint density at radius 3 is 2.71 bits per heavy atom. The highest BCUT2D eigenvalue weighted by molar-refractivity contribution is 7.93. The molecule has 1 amide bonds. The van der Waals surface area contributed by atoms with Gasteiger partial charge in [-0.15, -0.1) is 0 Å². The SMILES string of the molecule is Cn1ncc(Cl)c1S(=O)(=O)N1CC(=O)Nc2ccccc21. The Labute approximate surface area is 126 Å². The number of rotatable bonds is 2. The van der Waals surface area contributed by atoms with Gasteiger partial charge in [-0.25, -0.2) is 0 Å². The van der Waals surface area contributed by atoms with E-state index >= 15 is 0 Å². The van der Waals surface area contributed by atoms with Crippen LogP contribution in [-0.4, -0.2) is 30.7 Å². The summed E-state index contributed by atoms with van der Waals surface area (Å²) in [5, 5.41) is 6.34. The van der Waals surface area contributed by atoms with Crippen molar-refractivity contribution in [3.8, 4) is 0 Å². The summed E-state index contributed by atoms with van der Waals surface area (Å²) in [6.45, 7) is -0.305. The van der Waals surface area contributed by atoms with Crippen LogP contribution >= 0.6 is 11.6 Å². The van der Waals surface area contributed by atoms with E-state index < -0.39 is 15.9 Å². The molecule has 0 unspecified atom stereocenters. The van der Waals surface area contributed by atoms with Gasteiger partial charge in [-0.3, -0.25) is 13.8 Å². The average Bonchev–Trinajstić information content (AvgIpc) is 2.77. The molecule has 3 rings (SSSR count). The van der Waals surface area contributed by atoms with Crippen LogP contribution in [-0.2, 0) is 21.9 Å². The van der Waals surface area contributed by atoms with E-state index in [0.717, 1.165) is 4.31 Å². The smallest absolute Gasteiger partial charge is 0.283 e. The molecule has 2 aromatic rings. The fourth-order valence-electron chi connectivity index (χ4n) is 2.21. The Morgan fingerprint density at radius 1 is 1.33 bits per heavy atom. The monoisotopic (exact) mass is 326 g/mol. The van der Waals surface area contributed by atoms with Gasteiger partial charge in [0.05, 0.1) is 22.6 Å². The zero-order valence-electron chi connectivity index (χ0n) is 10.9. The van der Waals surface area contributed by atoms with Gasteiger partial charge in [0.2, 0.25) is 5.91 Å². The van der Waals surface area contributed by atoms with Crippen LogP contribution in [0.1, 0.15) is 0 Å². The van der Waals surface area contributed by atoms with Gasteiger partial charge in [-0.05, 0) is 12.1 Å². The van der Waals surface area contributed by atoms with Gasteiger partial charge >= 0.3 is 0 Å². The Kier molecular flexibility index (Phi) is 3.14. The van der Waals surface area contributed by atoms with Crippen LogP contribution in [0.2, 0.25) is 5.02 Å². The molecule has 9 heteroatoms. The molecule has 0 bridgehead atoms. The molecule has 0 fully saturated rings. The van der Waals surface area contributed by atoms with E-state index in [9.17, 15) is 13.2 Å². The maximum absolute atomic E-state index is 12.8. The first kappa shape index (κ1) is 13.9. The van der Waals surface area contributed by atoms with Gasteiger partial charge < -0.3 is 5.32 Å². The van der Waals surface area contributed by atoms with Crippen molar-refractivity contribution in [3.05, 3.63) is 35.5 Å². The molecule has 0 spiro atoms. The molecule has 2 heterocycles. The number of halogens is 1. The van der Waals surface area contributed by atoms with Crippen LogP contribution in [0.4, 0.5) is 11.4 Å². The molecule has 1 aromatic carbocycles. The zero-order chi connectivity index (χ0) is 15.2. The topological polar surface area (TPSA) is 84.3 Å². The van der Waals surface area contributed by atoms with E-state index in [-0.39, 0.29) is 16.6 Å². The fraction of sp³-hybridized carbons (Fsp3) is 0.167.